The molecule has 0 unspecified atom stereocenters. The number of para-hydroxylation sites is 1. The summed E-state index contributed by atoms with van der Waals surface area (Å²) in [4.78, 5) is 43.1. The van der Waals surface area contributed by atoms with Crippen LogP contribution in [-0.2, 0) is 22.4 Å². The summed E-state index contributed by atoms with van der Waals surface area (Å²) in [6.07, 6.45) is 1.48. The van der Waals surface area contributed by atoms with Gasteiger partial charge >= 0.3 is 5.97 Å². The Balaban J connectivity index is 1.29. The number of carboxylic acid groups (broad SMARTS) is 1. The number of carbonyl (C=O) groups is 3. The lowest BCUT2D eigenvalue weighted by Crippen LogP contribution is -2.32. The van der Waals surface area contributed by atoms with E-state index in [0.29, 0.717) is 16.0 Å². The molecule has 1 aliphatic rings. The molecule has 1 aliphatic heterocycles. The number of carboxylic acids is 1. The summed E-state index contributed by atoms with van der Waals surface area (Å²) < 4.78 is 34.8. The fourth-order valence-electron chi connectivity index (χ4n) is 4.54. The maximum absolute atomic E-state index is 15.0. The van der Waals surface area contributed by atoms with Crippen LogP contribution in [0.15, 0.2) is 53.3 Å². The number of aliphatic carboxylic acids is 1. The van der Waals surface area contributed by atoms with E-state index < -0.39 is 35.8 Å². The van der Waals surface area contributed by atoms with E-state index in [1.165, 1.54) is 34.8 Å². The molecule has 3 heterocycles. The van der Waals surface area contributed by atoms with E-state index in [-0.39, 0.29) is 54.1 Å². The largest absolute Gasteiger partial charge is 0.481 e. The predicted octanol–water partition coefficient (Wildman–Crippen LogP) is 5.81. The van der Waals surface area contributed by atoms with E-state index in [4.69, 9.17) is 21.1 Å². The van der Waals surface area contributed by atoms with Gasteiger partial charge in [0.15, 0.2) is 0 Å². The fourth-order valence-corrected chi connectivity index (χ4v) is 5.82. The molecule has 8 nitrogen and oxygen atoms in total. The summed E-state index contributed by atoms with van der Waals surface area (Å²) in [6.45, 7) is -0.157. The van der Waals surface area contributed by atoms with Crippen molar-refractivity contribution in [3.05, 3.63) is 80.7 Å². The third-order valence-corrected chi connectivity index (χ3v) is 7.93. The highest BCUT2D eigenvalue weighted by Gasteiger charge is 2.38. The van der Waals surface area contributed by atoms with E-state index >= 15 is 4.39 Å². The van der Waals surface area contributed by atoms with Crippen LogP contribution in [0.1, 0.15) is 44.7 Å². The minimum absolute atomic E-state index is 0.000830. The number of hydrogen-bond acceptors (Lipinski definition) is 6. The molecule has 2 N–H and O–H groups in total. The molecule has 5 rings (SSSR count). The minimum Gasteiger partial charge on any atom is -0.481 e. The summed E-state index contributed by atoms with van der Waals surface area (Å²) in [5.74, 6) is -2.73. The second-order valence-electron chi connectivity index (χ2n) is 9.15. The molecule has 2 amide bonds. The second kappa shape index (κ2) is 11.1. The SMILES string of the molecule is O=C(O)CCc1cnc([C@@H]2C[C@H](F)CN2C(=O)Cc2cc(Cl)c(NC(=O)c3coc4ccccc34)cc2F)s1. The number of fused-ring (bicyclic) bond motifs is 1. The molecule has 4 aromatic rings. The molecular weight excluding hydrogens is 552 g/mol. The third kappa shape index (κ3) is 5.79. The molecule has 1 saturated heterocycles. The van der Waals surface area contributed by atoms with Gasteiger partial charge < -0.3 is 19.7 Å². The fraction of sp³-hybridized carbons (Fsp3) is 0.259. The molecule has 202 valence electrons. The molecule has 39 heavy (non-hydrogen) atoms. The Kier molecular flexibility index (Phi) is 7.62. The van der Waals surface area contributed by atoms with Crippen LogP contribution in [0.4, 0.5) is 14.5 Å². The number of benzene rings is 2. The molecule has 2 aromatic carbocycles. The highest BCUT2D eigenvalue weighted by atomic mass is 35.5. The molecule has 2 atom stereocenters. The van der Waals surface area contributed by atoms with E-state index in [0.717, 1.165) is 10.9 Å². The Morgan fingerprint density at radius 2 is 2.05 bits per heavy atom. The van der Waals surface area contributed by atoms with Crippen LogP contribution in [0.2, 0.25) is 5.02 Å². The van der Waals surface area contributed by atoms with Gasteiger partial charge in [-0.2, -0.15) is 0 Å². The first-order chi connectivity index (χ1) is 18.7. The number of halogens is 3. The van der Waals surface area contributed by atoms with Gasteiger partial charge in [0.1, 0.15) is 28.8 Å². The van der Waals surface area contributed by atoms with Gasteiger partial charge in [0, 0.05) is 22.9 Å². The van der Waals surface area contributed by atoms with Gasteiger partial charge in [-0.05, 0) is 30.2 Å². The number of aryl methyl sites for hydroxylation is 1. The quantitative estimate of drug-likeness (QED) is 0.275. The zero-order chi connectivity index (χ0) is 27.7. The van der Waals surface area contributed by atoms with Crippen molar-refractivity contribution in [2.45, 2.75) is 37.9 Å². The Hall–Kier alpha value is -3.83. The monoisotopic (exact) mass is 573 g/mol. The highest BCUT2D eigenvalue weighted by molar-refractivity contribution is 7.11. The molecule has 0 spiro atoms. The molecule has 0 radical (unpaired) electrons. The van der Waals surface area contributed by atoms with Crippen molar-refractivity contribution in [3.8, 4) is 0 Å². The van der Waals surface area contributed by atoms with E-state index in [2.05, 4.69) is 10.3 Å². The Bertz CT molecular complexity index is 1570. The Morgan fingerprint density at radius 1 is 1.26 bits per heavy atom. The highest BCUT2D eigenvalue weighted by Crippen LogP contribution is 2.37. The lowest BCUT2D eigenvalue weighted by atomic mass is 10.1. The number of amides is 2. The van der Waals surface area contributed by atoms with Gasteiger partial charge in [-0.3, -0.25) is 14.4 Å². The Labute approximate surface area is 230 Å². The van der Waals surface area contributed by atoms with Crippen molar-refractivity contribution in [1.29, 1.82) is 0 Å². The minimum atomic E-state index is -1.27. The molecule has 2 aromatic heterocycles. The number of aromatic nitrogens is 1. The first-order valence-electron chi connectivity index (χ1n) is 12.0. The Morgan fingerprint density at radius 3 is 2.85 bits per heavy atom. The number of alkyl halides is 1. The lowest BCUT2D eigenvalue weighted by molar-refractivity contribution is -0.137. The van der Waals surface area contributed by atoms with E-state index in [9.17, 15) is 18.8 Å². The first kappa shape index (κ1) is 26.8. The average molecular weight is 574 g/mol. The molecular formula is C27H22ClF2N3O5S. The standard InChI is InChI=1S/C27H22ClF2N3O5S/c28-19-7-14(20(30)10-21(19)32-26(37)18-13-38-23-4-2-1-3-17(18)23)8-24(34)33-12-15(29)9-22(33)27-31-11-16(39-27)5-6-25(35)36/h1-4,7,10-11,13,15,22H,5-6,8-9,12H2,(H,32,37)(H,35,36)/t15-,22-/m0/s1. The van der Waals surface area contributed by atoms with Gasteiger partial charge in [0.05, 0.1) is 41.7 Å². The molecule has 12 heteroatoms. The number of likely N-dealkylation sites (tertiary alicyclic amines) is 1. The summed E-state index contributed by atoms with van der Waals surface area (Å²) in [6, 6.07) is 8.65. The van der Waals surface area contributed by atoms with Crippen molar-refractivity contribution in [2.24, 2.45) is 0 Å². The van der Waals surface area contributed by atoms with Gasteiger partial charge in [-0.1, -0.05) is 29.8 Å². The number of nitrogens with one attached hydrogen (secondary N) is 1. The van der Waals surface area contributed by atoms with Crippen molar-refractivity contribution in [3.63, 3.8) is 0 Å². The van der Waals surface area contributed by atoms with Crippen LogP contribution < -0.4 is 5.32 Å². The number of rotatable bonds is 8. The summed E-state index contributed by atoms with van der Waals surface area (Å²) in [7, 11) is 0. The number of carbonyl (C=O) groups excluding carboxylic acids is 2. The number of anilines is 1. The van der Waals surface area contributed by atoms with Crippen LogP contribution in [-0.4, -0.2) is 45.5 Å². The third-order valence-electron chi connectivity index (χ3n) is 6.46. The van der Waals surface area contributed by atoms with E-state index in [1.54, 1.807) is 24.3 Å². The van der Waals surface area contributed by atoms with Crippen LogP contribution in [0.25, 0.3) is 11.0 Å². The summed E-state index contributed by atoms with van der Waals surface area (Å²) >= 11 is 7.57. The number of thiazole rings is 1. The maximum atomic E-state index is 15.0. The van der Waals surface area contributed by atoms with Crippen LogP contribution in [0.5, 0.6) is 0 Å². The molecule has 1 fully saturated rings. The predicted molar refractivity (Wildman–Crippen MR) is 141 cm³/mol. The maximum Gasteiger partial charge on any atom is 0.303 e. The number of hydrogen-bond donors (Lipinski definition) is 2. The van der Waals surface area contributed by atoms with E-state index in [1.807, 2.05) is 0 Å². The van der Waals surface area contributed by atoms with Gasteiger partial charge in [0.25, 0.3) is 5.91 Å². The topological polar surface area (TPSA) is 113 Å². The second-order valence-corrected chi connectivity index (χ2v) is 10.7. The van der Waals surface area contributed by atoms with Crippen LogP contribution in [0.3, 0.4) is 0 Å². The zero-order valence-corrected chi connectivity index (χ0v) is 21.9. The molecule has 0 bridgehead atoms. The van der Waals surface area contributed by atoms with Crippen LogP contribution >= 0.6 is 22.9 Å². The van der Waals surface area contributed by atoms with Crippen molar-refractivity contribution < 1.29 is 32.7 Å². The van der Waals surface area contributed by atoms with Gasteiger partial charge in [-0.15, -0.1) is 11.3 Å². The number of furan rings is 1. The van der Waals surface area contributed by atoms with Crippen molar-refractivity contribution in [1.82, 2.24) is 9.88 Å². The smallest absolute Gasteiger partial charge is 0.303 e. The first-order valence-corrected chi connectivity index (χ1v) is 13.2. The molecule has 0 saturated carbocycles. The number of nitrogens with zero attached hydrogens (tertiary/aromatic N) is 2. The van der Waals surface area contributed by atoms with Crippen molar-refractivity contribution >= 4 is 57.4 Å². The zero-order valence-electron chi connectivity index (χ0n) is 20.3. The van der Waals surface area contributed by atoms with Crippen LogP contribution in [0, 0.1) is 5.82 Å². The van der Waals surface area contributed by atoms with Crippen molar-refractivity contribution in [2.75, 3.05) is 11.9 Å². The summed E-state index contributed by atoms with van der Waals surface area (Å²) in [5.41, 5.74) is 0.813. The lowest BCUT2D eigenvalue weighted by Gasteiger charge is -2.23. The normalized spacial score (nSPS) is 17.1. The van der Waals surface area contributed by atoms with Gasteiger partial charge in [0.2, 0.25) is 5.91 Å². The summed E-state index contributed by atoms with van der Waals surface area (Å²) in [5, 5.41) is 12.6. The molecule has 0 aliphatic carbocycles. The van der Waals surface area contributed by atoms with Gasteiger partial charge in [-0.25, -0.2) is 13.8 Å². The average Bonchev–Trinajstić information content (AvgIpc) is 3.63.